The van der Waals surface area contributed by atoms with Gasteiger partial charge in [0.1, 0.15) is 5.75 Å². The molecule has 0 amide bonds. The molecule has 0 aromatic heterocycles. The smallest absolute Gasteiger partial charge is 0.119 e. The quantitative estimate of drug-likeness (QED) is 0.207. The molecule has 0 unspecified atom stereocenters. The summed E-state index contributed by atoms with van der Waals surface area (Å²) in [4.78, 5) is 2.19. The lowest BCUT2D eigenvalue weighted by Gasteiger charge is -2.23. The van der Waals surface area contributed by atoms with Crippen molar-refractivity contribution in [2.24, 2.45) is 0 Å². The molecule has 34 heavy (non-hydrogen) atoms. The maximum absolute atomic E-state index is 9.25. The number of aliphatic hydroxyl groups excluding tert-OH is 1. The van der Waals surface area contributed by atoms with E-state index in [0.29, 0.717) is 6.54 Å². The van der Waals surface area contributed by atoms with E-state index in [1.807, 2.05) is 0 Å². The van der Waals surface area contributed by atoms with Crippen molar-refractivity contribution in [1.82, 2.24) is 0 Å². The van der Waals surface area contributed by atoms with Crippen molar-refractivity contribution in [3.63, 3.8) is 0 Å². The number of aliphatic hydroxyl groups is 1. The maximum atomic E-state index is 9.25. The van der Waals surface area contributed by atoms with Gasteiger partial charge in [-0.15, -0.1) is 0 Å². The van der Waals surface area contributed by atoms with Gasteiger partial charge in [0.2, 0.25) is 0 Å². The summed E-state index contributed by atoms with van der Waals surface area (Å²) in [6.45, 7) is 9.84. The van der Waals surface area contributed by atoms with E-state index in [1.54, 1.807) is 0 Å². The number of anilines is 2. The highest BCUT2D eigenvalue weighted by Gasteiger charge is 2.06. The highest BCUT2D eigenvalue weighted by Crippen LogP contribution is 2.23. The summed E-state index contributed by atoms with van der Waals surface area (Å²) in [5.74, 6) is 0.962. The summed E-state index contributed by atoms with van der Waals surface area (Å²) in [5, 5.41) is 12.8. The molecule has 0 aliphatic heterocycles. The van der Waals surface area contributed by atoms with Gasteiger partial charge in [-0.25, -0.2) is 0 Å². The number of nitrogens with zero attached hydrogens (tertiary/aromatic N) is 1. The van der Waals surface area contributed by atoms with Gasteiger partial charge in [0.15, 0.2) is 0 Å². The molecule has 0 aliphatic carbocycles. The number of unbranched alkanes of at least 4 members (excludes halogenated alkanes) is 9. The average molecular weight is 469 g/mol. The van der Waals surface area contributed by atoms with Crippen molar-refractivity contribution in [2.75, 3.05) is 36.5 Å². The number of aryl methyl sites for hydroxylation is 1. The Balaban J connectivity index is 1.63. The van der Waals surface area contributed by atoms with Crippen LogP contribution in [0.1, 0.15) is 89.2 Å². The van der Waals surface area contributed by atoms with Gasteiger partial charge < -0.3 is 20.1 Å². The summed E-state index contributed by atoms with van der Waals surface area (Å²) >= 11 is 0. The molecule has 0 atom stereocenters. The number of rotatable bonds is 19. The van der Waals surface area contributed by atoms with Crippen molar-refractivity contribution in [3.8, 4) is 5.75 Å². The second-order valence-electron chi connectivity index (χ2n) is 9.33. The van der Waals surface area contributed by atoms with Gasteiger partial charge in [-0.2, -0.15) is 0 Å². The SMILES string of the molecule is CCCCCCCCCCCCOc1ccc(CNc2ccc(N(CC)CCO)cc2C)cc1. The molecule has 0 saturated carbocycles. The van der Waals surface area contributed by atoms with Crippen molar-refractivity contribution in [1.29, 1.82) is 0 Å². The number of benzene rings is 2. The summed E-state index contributed by atoms with van der Waals surface area (Å²) in [6, 6.07) is 14.9. The van der Waals surface area contributed by atoms with E-state index in [2.05, 4.69) is 73.5 Å². The Kier molecular flexibility index (Phi) is 14.2. The zero-order valence-corrected chi connectivity index (χ0v) is 22.0. The van der Waals surface area contributed by atoms with Crippen LogP contribution in [0.25, 0.3) is 0 Å². The summed E-state index contributed by atoms with van der Waals surface area (Å²) < 4.78 is 5.94. The van der Waals surface area contributed by atoms with Crippen LogP contribution in [0.2, 0.25) is 0 Å². The van der Waals surface area contributed by atoms with Gasteiger partial charge >= 0.3 is 0 Å². The number of likely N-dealkylation sites (N-methyl/N-ethyl adjacent to an activating group) is 1. The first-order chi connectivity index (χ1) is 16.7. The highest BCUT2D eigenvalue weighted by atomic mass is 16.5. The summed E-state index contributed by atoms with van der Waals surface area (Å²) in [6.07, 6.45) is 13.5. The molecule has 0 bridgehead atoms. The van der Waals surface area contributed by atoms with Gasteiger partial charge in [-0.1, -0.05) is 76.8 Å². The van der Waals surface area contributed by atoms with Crippen LogP contribution in [0.15, 0.2) is 42.5 Å². The molecule has 0 saturated heterocycles. The van der Waals surface area contributed by atoms with E-state index < -0.39 is 0 Å². The minimum Gasteiger partial charge on any atom is -0.494 e. The topological polar surface area (TPSA) is 44.7 Å². The predicted molar refractivity (Wildman–Crippen MR) is 147 cm³/mol. The van der Waals surface area contributed by atoms with Crippen LogP contribution in [0.5, 0.6) is 5.75 Å². The molecule has 0 spiro atoms. The lowest BCUT2D eigenvalue weighted by Crippen LogP contribution is -2.26. The van der Waals surface area contributed by atoms with Crippen LogP contribution >= 0.6 is 0 Å². The Labute approximate surface area is 208 Å². The molecule has 0 heterocycles. The zero-order chi connectivity index (χ0) is 24.4. The minimum absolute atomic E-state index is 0.172. The molecule has 2 N–H and O–H groups in total. The fourth-order valence-electron chi connectivity index (χ4n) is 4.31. The third-order valence-corrected chi connectivity index (χ3v) is 6.50. The molecule has 190 valence electrons. The van der Waals surface area contributed by atoms with Crippen LogP contribution in [0, 0.1) is 6.92 Å². The number of nitrogens with one attached hydrogen (secondary N) is 1. The molecule has 2 aromatic rings. The van der Waals surface area contributed by atoms with Crippen LogP contribution in [-0.2, 0) is 6.54 Å². The first-order valence-electron chi connectivity index (χ1n) is 13.6. The van der Waals surface area contributed by atoms with Crippen LogP contribution < -0.4 is 15.0 Å². The summed E-state index contributed by atoms with van der Waals surface area (Å²) in [7, 11) is 0. The highest BCUT2D eigenvalue weighted by molar-refractivity contribution is 5.60. The van der Waals surface area contributed by atoms with E-state index in [1.165, 1.54) is 68.9 Å². The van der Waals surface area contributed by atoms with E-state index in [9.17, 15) is 5.11 Å². The van der Waals surface area contributed by atoms with Crippen molar-refractivity contribution >= 4 is 11.4 Å². The molecular weight excluding hydrogens is 420 g/mol. The lowest BCUT2D eigenvalue weighted by atomic mass is 10.1. The Morgan fingerprint density at radius 1 is 0.824 bits per heavy atom. The van der Waals surface area contributed by atoms with E-state index in [-0.39, 0.29) is 6.61 Å². The Morgan fingerprint density at radius 2 is 1.47 bits per heavy atom. The van der Waals surface area contributed by atoms with Gasteiger partial charge in [0.05, 0.1) is 13.2 Å². The first-order valence-corrected chi connectivity index (χ1v) is 13.6. The Bertz CT molecular complexity index is 776. The average Bonchev–Trinajstić information content (AvgIpc) is 2.86. The van der Waals surface area contributed by atoms with E-state index >= 15 is 0 Å². The fraction of sp³-hybridized carbons (Fsp3) is 0.600. The van der Waals surface area contributed by atoms with E-state index in [0.717, 1.165) is 43.2 Å². The molecule has 0 radical (unpaired) electrons. The standard InChI is InChI=1S/C30H48N2O2/c1-4-6-7-8-9-10-11-12-13-14-23-34-29-18-15-27(16-19-29)25-31-30-20-17-28(24-26(30)3)32(5-2)21-22-33/h15-20,24,31,33H,4-14,21-23,25H2,1-3H3. The molecule has 4 heteroatoms. The molecule has 4 nitrogen and oxygen atoms in total. The molecule has 2 rings (SSSR count). The van der Waals surface area contributed by atoms with Crippen LogP contribution in [0.3, 0.4) is 0 Å². The Hall–Kier alpha value is -2.20. The largest absolute Gasteiger partial charge is 0.494 e. The molecule has 0 fully saturated rings. The number of hydrogen-bond donors (Lipinski definition) is 2. The first kappa shape index (κ1) is 28.0. The zero-order valence-electron chi connectivity index (χ0n) is 22.0. The van der Waals surface area contributed by atoms with Gasteiger partial charge in [0.25, 0.3) is 0 Å². The normalized spacial score (nSPS) is 10.9. The third kappa shape index (κ3) is 10.8. The van der Waals surface area contributed by atoms with Crippen LogP contribution in [-0.4, -0.2) is 31.4 Å². The lowest BCUT2D eigenvalue weighted by molar-refractivity contribution is 0.302. The number of hydrogen-bond acceptors (Lipinski definition) is 4. The molecule has 0 aliphatic rings. The van der Waals surface area contributed by atoms with E-state index in [4.69, 9.17) is 4.74 Å². The minimum atomic E-state index is 0.172. The maximum Gasteiger partial charge on any atom is 0.119 e. The van der Waals surface area contributed by atoms with Gasteiger partial charge in [0, 0.05) is 31.0 Å². The van der Waals surface area contributed by atoms with Crippen molar-refractivity contribution < 1.29 is 9.84 Å². The monoisotopic (exact) mass is 468 g/mol. The number of ether oxygens (including phenoxy) is 1. The van der Waals surface area contributed by atoms with Crippen molar-refractivity contribution in [3.05, 3.63) is 53.6 Å². The van der Waals surface area contributed by atoms with Gasteiger partial charge in [-0.05, 0) is 61.7 Å². The van der Waals surface area contributed by atoms with Crippen LogP contribution in [0.4, 0.5) is 11.4 Å². The fourth-order valence-corrected chi connectivity index (χ4v) is 4.31. The predicted octanol–water partition coefficient (Wildman–Crippen LogP) is 7.73. The van der Waals surface area contributed by atoms with Gasteiger partial charge in [-0.3, -0.25) is 0 Å². The third-order valence-electron chi connectivity index (χ3n) is 6.50. The molecular formula is C30H48N2O2. The van der Waals surface area contributed by atoms with Crippen molar-refractivity contribution in [2.45, 2.75) is 91.5 Å². The molecule has 2 aromatic carbocycles. The second-order valence-corrected chi connectivity index (χ2v) is 9.33. The second kappa shape index (κ2) is 17.3. The Morgan fingerprint density at radius 3 is 2.06 bits per heavy atom. The summed E-state index contributed by atoms with van der Waals surface area (Å²) in [5.41, 5.74) is 4.75.